The average Bonchev–Trinajstić information content (AvgIpc) is 3.77. The summed E-state index contributed by atoms with van der Waals surface area (Å²) >= 11 is 0. The number of rotatable bonds is 10. The number of allylic oxidation sites excluding steroid dienone is 11. The number of hydrogen-bond acceptors (Lipinski definition) is 2. The average molecular weight is 939 g/mol. The lowest BCUT2D eigenvalue weighted by Crippen LogP contribution is -2.44. The van der Waals surface area contributed by atoms with Crippen LogP contribution < -0.4 is 9.80 Å². The fourth-order valence-electron chi connectivity index (χ4n) is 13.2. The van der Waals surface area contributed by atoms with Crippen LogP contribution in [0.4, 0.5) is 17.1 Å². The molecule has 1 atom stereocenters. The van der Waals surface area contributed by atoms with Gasteiger partial charge >= 0.3 is 0 Å². The van der Waals surface area contributed by atoms with Crippen molar-refractivity contribution in [3.05, 3.63) is 322 Å². The van der Waals surface area contributed by atoms with E-state index >= 15 is 0 Å². The predicted octanol–water partition coefficient (Wildman–Crippen LogP) is 17.6. The molecule has 0 fully saturated rings. The molecule has 0 radical (unpaired) electrons. The van der Waals surface area contributed by atoms with Crippen molar-refractivity contribution in [2.75, 3.05) is 16.3 Å². The molecule has 0 heterocycles. The fourth-order valence-corrected chi connectivity index (χ4v) is 13.2. The van der Waals surface area contributed by atoms with Gasteiger partial charge in [0.25, 0.3) is 0 Å². The van der Waals surface area contributed by atoms with E-state index in [9.17, 15) is 0 Å². The SMILES string of the molecule is C/C=C\C(=C/CC)N(CC1C=C(N(c2ccccc2)c2ccccc2)C=CC1)c1ccc(-c2ccc3c(c2)C2(C4=C3C=CCC=C4)c3ccccc3C3(c4ccccc4-c4ccccc43)c3ccccc32)cc1. The minimum absolute atomic E-state index is 0.283. The first-order valence-corrected chi connectivity index (χ1v) is 26.3. The Labute approximate surface area is 431 Å². The third-order valence-electron chi connectivity index (χ3n) is 16.1. The van der Waals surface area contributed by atoms with E-state index in [1.54, 1.807) is 0 Å². The van der Waals surface area contributed by atoms with Gasteiger partial charge in [-0.3, -0.25) is 0 Å². The monoisotopic (exact) mass is 938 g/mol. The summed E-state index contributed by atoms with van der Waals surface area (Å²) in [6.07, 6.45) is 26.3. The minimum atomic E-state index is -0.544. The van der Waals surface area contributed by atoms with Crippen molar-refractivity contribution in [1.82, 2.24) is 0 Å². The molecular formula is C71H58N2. The zero-order valence-electron chi connectivity index (χ0n) is 41.6. The highest BCUT2D eigenvalue weighted by atomic mass is 15.2. The van der Waals surface area contributed by atoms with Gasteiger partial charge in [-0.25, -0.2) is 0 Å². The molecule has 0 saturated carbocycles. The van der Waals surface area contributed by atoms with E-state index in [0.717, 1.165) is 37.2 Å². The molecule has 73 heavy (non-hydrogen) atoms. The van der Waals surface area contributed by atoms with E-state index in [2.05, 4.69) is 285 Å². The first-order chi connectivity index (χ1) is 36.1. The van der Waals surface area contributed by atoms with Gasteiger partial charge in [-0.1, -0.05) is 213 Å². The summed E-state index contributed by atoms with van der Waals surface area (Å²) in [7, 11) is 0. The largest absolute Gasteiger partial charge is 0.341 e. The topological polar surface area (TPSA) is 6.48 Å². The van der Waals surface area contributed by atoms with E-state index in [4.69, 9.17) is 0 Å². The highest BCUT2D eigenvalue weighted by Gasteiger charge is 2.59. The molecule has 0 bridgehead atoms. The Morgan fingerprint density at radius 3 is 1.66 bits per heavy atom. The molecule has 0 aliphatic heterocycles. The minimum Gasteiger partial charge on any atom is -0.341 e. The summed E-state index contributed by atoms with van der Waals surface area (Å²) in [5, 5.41) is 0. The van der Waals surface area contributed by atoms with Crippen molar-refractivity contribution in [2.24, 2.45) is 5.92 Å². The van der Waals surface area contributed by atoms with Crippen LogP contribution in [0.15, 0.2) is 278 Å². The molecule has 5 aliphatic rings. The Bertz CT molecular complexity index is 3520. The first kappa shape index (κ1) is 44.5. The summed E-state index contributed by atoms with van der Waals surface area (Å²) in [4.78, 5) is 4.91. The molecule has 1 unspecified atom stereocenters. The first-order valence-electron chi connectivity index (χ1n) is 26.3. The normalized spacial score (nSPS) is 17.2. The molecule has 8 aromatic rings. The fraction of sp³-hybridized carbons (Fsp3) is 0.127. The second-order valence-corrected chi connectivity index (χ2v) is 20.0. The van der Waals surface area contributed by atoms with Gasteiger partial charge in [0, 0.05) is 40.9 Å². The van der Waals surface area contributed by atoms with Crippen LogP contribution in [-0.2, 0) is 10.8 Å². The molecular weight excluding hydrogens is 881 g/mol. The summed E-state index contributed by atoms with van der Waals surface area (Å²) < 4.78 is 0. The van der Waals surface area contributed by atoms with Gasteiger partial charge in [-0.15, -0.1) is 0 Å². The summed E-state index contributed by atoms with van der Waals surface area (Å²) in [6.45, 7) is 5.20. The lowest BCUT2D eigenvalue weighted by Gasteiger charge is -2.49. The van der Waals surface area contributed by atoms with E-state index in [1.807, 2.05) is 0 Å². The van der Waals surface area contributed by atoms with E-state index < -0.39 is 10.8 Å². The maximum absolute atomic E-state index is 2.54. The van der Waals surface area contributed by atoms with Crippen LogP contribution in [0.2, 0.25) is 0 Å². The van der Waals surface area contributed by atoms with E-state index in [1.165, 1.54) is 95.0 Å². The third kappa shape index (κ3) is 6.92. The van der Waals surface area contributed by atoms with Crippen LogP contribution in [0.25, 0.3) is 27.8 Å². The smallest absolute Gasteiger partial charge is 0.0720 e. The Morgan fingerprint density at radius 2 is 1.05 bits per heavy atom. The molecule has 0 aromatic heterocycles. The van der Waals surface area contributed by atoms with Crippen molar-refractivity contribution in [3.63, 3.8) is 0 Å². The quantitative estimate of drug-likeness (QED) is 0.126. The number of hydrogen-bond donors (Lipinski definition) is 0. The maximum Gasteiger partial charge on any atom is 0.0720 e. The number of para-hydroxylation sites is 2. The van der Waals surface area contributed by atoms with Gasteiger partial charge in [-0.2, -0.15) is 0 Å². The molecule has 2 spiro atoms. The number of benzene rings is 8. The Morgan fingerprint density at radius 1 is 0.507 bits per heavy atom. The molecule has 0 amide bonds. The van der Waals surface area contributed by atoms with Crippen LogP contribution in [-0.4, -0.2) is 6.54 Å². The second-order valence-electron chi connectivity index (χ2n) is 20.0. The summed E-state index contributed by atoms with van der Waals surface area (Å²) in [6, 6.07) is 75.3. The predicted molar refractivity (Wildman–Crippen MR) is 306 cm³/mol. The summed E-state index contributed by atoms with van der Waals surface area (Å²) in [5.74, 6) is 0.283. The number of anilines is 3. The van der Waals surface area contributed by atoms with Crippen LogP contribution in [0.5, 0.6) is 0 Å². The molecule has 0 saturated heterocycles. The van der Waals surface area contributed by atoms with E-state index in [-0.39, 0.29) is 5.92 Å². The molecule has 2 nitrogen and oxygen atoms in total. The lowest BCUT2D eigenvalue weighted by atomic mass is 9.52. The van der Waals surface area contributed by atoms with Crippen LogP contribution >= 0.6 is 0 Å². The van der Waals surface area contributed by atoms with Crippen LogP contribution in [0, 0.1) is 5.92 Å². The zero-order valence-corrected chi connectivity index (χ0v) is 41.6. The van der Waals surface area contributed by atoms with E-state index in [0.29, 0.717) is 0 Å². The summed E-state index contributed by atoms with van der Waals surface area (Å²) in [5.41, 5.74) is 23.5. The van der Waals surface area contributed by atoms with Gasteiger partial charge in [0.05, 0.1) is 10.8 Å². The highest BCUT2D eigenvalue weighted by molar-refractivity contribution is 5.97. The Kier molecular flexibility index (Phi) is 11.1. The van der Waals surface area contributed by atoms with Gasteiger partial charge in [-0.05, 0) is 159 Å². The van der Waals surface area contributed by atoms with Crippen LogP contribution in [0.3, 0.4) is 0 Å². The highest BCUT2D eigenvalue weighted by Crippen LogP contribution is 2.67. The number of nitrogens with zero attached hydrogens (tertiary/aromatic N) is 2. The molecule has 2 heteroatoms. The second kappa shape index (κ2) is 18.3. The van der Waals surface area contributed by atoms with Gasteiger partial charge in [0.1, 0.15) is 0 Å². The molecule has 8 aromatic carbocycles. The standard InChI is InChI=1S/C71H58N2/c1-3-23-53(24-4-2)72(49-50-25-22-30-57(47-50)73(55-26-8-5-9-27-55)56-28-10-6-11-29-56)54-44-41-51(42-45-54)52-43-46-61-60-31-12-7-13-34-64(60)71(69(61)48-52)67-39-20-18-37-65(67)70(66-38-19-21-40-68(66)71)62-35-16-14-32-58(62)59-33-15-17-36-63(59)70/h3,5-6,8-24,26-48,50H,4,7,25,49H2,1-2H3/b23-3-,53-24+. The zero-order chi connectivity index (χ0) is 48.9. The van der Waals surface area contributed by atoms with Crippen molar-refractivity contribution in [3.8, 4) is 22.3 Å². The van der Waals surface area contributed by atoms with Crippen molar-refractivity contribution in [2.45, 2.75) is 43.9 Å². The molecule has 13 rings (SSSR count). The van der Waals surface area contributed by atoms with Crippen molar-refractivity contribution >= 4 is 22.6 Å². The third-order valence-corrected chi connectivity index (χ3v) is 16.1. The molecule has 5 aliphatic carbocycles. The molecule has 352 valence electrons. The maximum atomic E-state index is 2.54. The molecule has 0 N–H and O–H groups in total. The van der Waals surface area contributed by atoms with Gasteiger partial charge < -0.3 is 9.80 Å². The van der Waals surface area contributed by atoms with Crippen molar-refractivity contribution < 1.29 is 0 Å². The lowest BCUT2D eigenvalue weighted by molar-refractivity contribution is 0.630. The van der Waals surface area contributed by atoms with Gasteiger partial charge in [0.2, 0.25) is 0 Å². The Hall–Kier alpha value is -8.46. The Balaban J connectivity index is 0.925. The van der Waals surface area contributed by atoms with Gasteiger partial charge in [0.15, 0.2) is 0 Å². The number of fused-ring (bicyclic) bond motifs is 15. The van der Waals surface area contributed by atoms with Crippen molar-refractivity contribution in [1.29, 1.82) is 0 Å². The van der Waals surface area contributed by atoms with Crippen LogP contribution in [0.1, 0.15) is 77.6 Å².